The largest absolute Gasteiger partial charge is 0.478 e. The number of rotatable bonds is 4. The molecule has 1 rings (SSSR count). The van der Waals surface area contributed by atoms with Gasteiger partial charge in [0.25, 0.3) is 0 Å². The molecular weight excluding hydrogens is 220 g/mol. The van der Waals surface area contributed by atoms with E-state index in [1.54, 1.807) is 12.1 Å². The SMILES string of the molecule is CCc1cc(OC(C)=O)c(C(=O)O)cc1CC. The molecule has 0 aliphatic carbocycles. The van der Waals surface area contributed by atoms with E-state index < -0.39 is 11.9 Å². The van der Waals surface area contributed by atoms with Crippen molar-refractivity contribution in [2.24, 2.45) is 0 Å². The Kier molecular flexibility index (Phi) is 4.26. The summed E-state index contributed by atoms with van der Waals surface area (Å²) in [5, 5.41) is 9.07. The highest BCUT2D eigenvalue weighted by Gasteiger charge is 2.16. The molecule has 0 unspecified atom stereocenters. The fourth-order valence-electron chi connectivity index (χ4n) is 1.73. The Morgan fingerprint density at radius 1 is 1.18 bits per heavy atom. The van der Waals surface area contributed by atoms with Crippen LogP contribution in [0.4, 0.5) is 0 Å². The molecule has 1 aromatic rings. The van der Waals surface area contributed by atoms with E-state index in [4.69, 9.17) is 9.84 Å². The van der Waals surface area contributed by atoms with Crippen LogP contribution >= 0.6 is 0 Å². The zero-order valence-corrected chi connectivity index (χ0v) is 10.2. The van der Waals surface area contributed by atoms with Crippen LogP contribution in [0.2, 0.25) is 0 Å². The number of aryl methyl sites for hydroxylation is 2. The van der Waals surface area contributed by atoms with E-state index in [2.05, 4.69) is 0 Å². The topological polar surface area (TPSA) is 63.6 Å². The maximum Gasteiger partial charge on any atom is 0.339 e. The van der Waals surface area contributed by atoms with E-state index in [0.717, 1.165) is 24.0 Å². The highest BCUT2D eigenvalue weighted by atomic mass is 16.5. The molecule has 0 aliphatic heterocycles. The summed E-state index contributed by atoms with van der Waals surface area (Å²) in [6.07, 6.45) is 1.53. The van der Waals surface area contributed by atoms with E-state index in [1.807, 2.05) is 13.8 Å². The Labute approximate surface area is 100 Å². The molecule has 0 radical (unpaired) electrons. The monoisotopic (exact) mass is 236 g/mol. The Morgan fingerprint density at radius 2 is 1.71 bits per heavy atom. The molecule has 0 aromatic heterocycles. The van der Waals surface area contributed by atoms with Crippen LogP contribution in [0.15, 0.2) is 12.1 Å². The van der Waals surface area contributed by atoms with Crippen molar-refractivity contribution < 1.29 is 19.4 Å². The van der Waals surface area contributed by atoms with Gasteiger partial charge < -0.3 is 9.84 Å². The molecule has 0 saturated heterocycles. The number of carbonyl (C=O) groups excluding carboxylic acids is 1. The summed E-state index contributed by atoms with van der Waals surface area (Å²) in [6.45, 7) is 5.20. The van der Waals surface area contributed by atoms with Crippen LogP contribution in [-0.4, -0.2) is 17.0 Å². The standard InChI is InChI=1S/C13H16O4/c1-4-9-6-11(13(15)16)12(17-8(3)14)7-10(9)5-2/h6-7H,4-5H2,1-3H3,(H,15,16). The van der Waals surface area contributed by atoms with Crippen LogP contribution in [0.25, 0.3) is 0 Å². The van der Waals surface area contributed by atoms with Crippen molar-refractivity contribution in [2.45, 2.75) is 33.6 Å². The van der Waals surface area contributed by atoms with Crippen molar-refractivity contribution in [1.82, 2.24) is 0 Å². The fourth-order valence-corrected chi connectivity index (χ4v) is 1.73. The summed E-state index contributed by atoms with van der Waals surface area (Å²) in [4.78, 5) is 22.0. The van der Waals surface area contributed by atoms with Gasteiger partial charge in [-0.15, -0.1) is 0 Å². The van der Waals surface area contributed by atoms with Gasteiger partial charge in [-0.1, -0.05) is 13.8 Å². The predicted molar refractivity (Wildman–Crippen MR) is 63.5 cm³/mol. The first kappa shape index (κ1) is 13.2. The number of esters is 1. The van der Waals surface area contributed by atoms with Gasteiger partial charge in [0, 0.05) is 6.92 Å². The lowest BCUT2D eigenvalue weighted by atomic mass is 9.99. The molecule has 4 heteroatoms. The molecule has 92 valence electrons. The number of hydrogen-bond donors (Lipinski definition) is 1. The highest BCUT2D eigenvalue weighted by molar-refractivity contribution is 5.92. The first-order valence-corrected chi connectivity index (χ1v) is 5.57. The maximum absolute atomic E-state index is 11.1. The fraction of sp³-hybridized carbons (Fsp3) is 0.385. The smallest absolute Gasteiger partial charge is 0.339 e. The quantitative estimate of drug-likeness (QED) is 0.644. The van der Waals surface area contributed by atoms with Gasteiger partial charge in [0.1, 0.15) is 11.3 Å². The van der Waals surface area contributed by atoms with Gasteiger partial charge in [-0.25, -0.2) is 4.79 Å². The van der Waals surface area contributed by atoms with Gasteiger partial charge in [0.05, 0.1) is 0 Å². The minimum Gasteiger partial charge on any atom is -0.478 e. The van der Waals surface area contributed by atoms with Crippen LogP contribution in [0.1, 0.15) is 42.3 Å². The number of carboxylic acid groups (broad SMARTS) is 1. The van der Waals surface area contributed by atoms with Crippen molar-refractivity contribution in [3.63, 3.8) is 0 Å². The number of carboxylic acids is 1. The van der Waals surface area contributed by atoms with Crippen molar-refractivity contribution in [3.05, 3.63) is 28.8 Å². The molecule has 0 heterocycles. The van der Waals surface area contributed by atoms with Gasteiger partial charge >= 0.3 is 11.9 Å². The lowest BCUT2D eigenvalue weighted by Gasteiger charge is -2.11. The first-order chi connectivity index (χ1) is 7.99. The summed E-state index contributed by atoms with van der Waals surface area (Å²) >= 11 is 0. The van der Waals surface area contributed by atoms with Gasteiger partial charge in [0.2, 0.25) is 0 Å². The summed E-state index contributed by atoms with van der Waals surface area (Å²) in [7, 11) is 0. The van der Waals surface area contributed by atoms with Crippen molar-refractivity contribution >= 4 is 11.9 Å². The number of aromatic carboxylic acids is 1. The average molecular weight is 236 g/mol. The molecule has 1 N–H and O–H groups in total. The Hall–Kier alpha value is -1.84. The zero-order valence-electron chi connectivity index (χ0n) is 10.2. The minimum absolute atomic E-state index is 0.0363. The molecule has 0 amide bonds. The third-order valence-electron chi connectivity index (χ3n) is 2.55. The molecule has 0 bridgehead atoms. The third kappa shape index (κ3) is 3.06. The van der Waals surface area contributed by atoms with E-state index in [9.17, 15) is 9.59 Å². The van der Waals surface area contributed by atoms with E-state index in [-0.39, 0.29) is 11.3 Å². The van der Waals surface area contributed by atoms with Gasteiger partial charge in [-0.3, -0.25) is 4.79 Å². The molecular formula is C13H16O4. The van der Waals surface area contributed by atoms with Crippen LogP contribution in [0.5, 0.6) is 5.75 Å². The molecule has 4 nitrogen and oxygen atoms in total. The number of ether oxygens (including phenoxy) is 1. The lowest BCUT2D eigenvalue weighted by molar-refractivity contribution is -0.131. The lowest BCUT2D eigenvalue weighted by Crippen LogP contribution is -2.09. The van der Waals surface area contributed by atoms with Crippen molar-refractivity contribution in [3.8, 4) is 5.75 Å². The molecule has 0 saturated carbocycles. The Morgan fingerprint density at radius 3 is 2.12 bits per heavy atom. The minimum atomic E-state index is -1.08. The molecule has 0 spiro atoms. The van der Waals surface area contributed by atoms with Crippen LogP contribution in [0, 0.1) is 0 Å². The van der Waals surface area contributed by atoms with Crippen molar-refractivity contribution in [2.75, 3.05) is 0 Å². The average Bonchev–Trinajstić information content (AvgIpc) is 2.27. The maximum atomic E-state index is 11.1. The molecule has 0 fully saturated rings. The van der Waals surface area contributed by atoms with Gasteiger partial charge in [-0.2, -0.15) is 0 Å². The zero-order chi connectivity index (χ0) is 13.0. The molecule has 1 aromatic carbocycles. The number of carbonyl (C=O) groups is 2. The van der Waals surface area contributed by atoms with E-state index in [0.29, 0.717) is 0 Å². The Bertz CT molecular complexity index is 449. The number of benzene rings is 1. The second-order valence-electron chi connectivity index (χ2n) is 3.72. The molecule has 0 aliphatic rings. The predicted octanol–water partition coefficient (Wildman–Crippen LogP) is 2.43. The van der Waals surface area contributed by atoms with E-state index >= 15 is 0 Å². The summed E-state index contributed by atoms with van der Waals surface area (Å²) in [5.41, 5.74) is 2.02. The highest BCUT2D eigenvalue weighted by Crippen LogP contribution is 2.25. The molecule has 17 heavy (non-hydrogen) atoms. The second kappa shape index (κ2) is 5.48. The van der Waals surface area contributed by atoms with Gasteiger partial charge in [-0.05, 0) is 36.1 Å². The summed E-state index contributed by atoms with van der Waals surface area (Å²) < 4.78 is 4.93. The summed E-state index contributed by atoms with van der Waals surface area (Å²) in [6, 6.07) is 3.23. The second-order valence-corrected chi connectivity index (χ2v) is 3.72. The third-order valence-corrected chi connectivity index (χ3v) is 2.55. The van der Waals surface area contributed by atoms with Crippen LogP contribution < -0.4 is 4.74 Å². The Balaban J connectivity index is 3.34. The molecule has 0 atom stereocenters. The summed E-state index contributed by atoms with van der Waals surface area (Å²) in [5.74, 6) is -1.48. The first-order valence-electron chi connectivity index (χ1n) is 5.57. The van der Waals surface area contributed by atoms with Crippen LogP contribution in [0.3, 0.4) is 0 Å². The van der Waals surface area contributed by atoms with Crippen molar-refractivity contribution in [1.29, 1.82) is 0 Å². The number of hydrogen-bond acceptors (Lipinski definition) is 3. The van der Waals surface area contributed by atoms with E-state index in [1.165, 1.54) is 6.92 Å². The van der Waals surface area contributed by atoms with Gasteiger partial charge in [0.15, 0.2) is 0 Å². The normalized spacial score (nSPS) is 10.1. The van der Waals surface area contributed by atoms with Crippen LogP contribution in [-0.2, 0) is 17.6 Å².